The van der Waals surface area contributed by atoms with Crippen LogP contribution in [0.25, 0.3) is 0 Å². The number of anilines is 1. The third-order valence-electron chi connectivity index (χ3n) is 9.93. The molecule has 0 aromatic heterocycles. The lowest BCUT2D eigenvalue weighted by molar-refractivity contribution is -0.253. The van der Waals surface area contributed by atoms with Crippen LogP contribution in [0.1, 0.15) is 147 Å². The molecule has 0 unspecified atom stereocenters. The molecule has 0 bridgehead atoms. The second-order valence-electron chi connectivity index (χ2n) is 13.8. The molecule has 264 valence electrons. The van der Waals surface area contributed by atoms with E-state index in [4.69, 9.17) is 9.47 Å². The molecule has 2 heterocycles. The summed E-state index contributed by atoms with van der Waals surface area (Å²) in [5, 5.41) is 9.64. The first-order valence-electron chi connectivity index (χ1n) is 18.8. The fourth-order valence-corrected chi connectivity index (χ4v) is 7.08. The van der Waals surface area contributed by atoms with E-state index in [0.717, 1.165) is 42.7 Å². The Bertz CT molecular complexity index is 1420. The zero-order valence-electron chi connectivity index (χ0n) is 29.7. The number of fused-ring (bicyclic) bond motifs is 1. The van der Waals surface area contributed by atoms with E-state index in [1.165, 1.54) is 81.9 Å². The van der Waals surface area contributed by atoms with E-state index in [1.54, 1.807) is 30.3 Å². The second kappa shape index (κ2) is 19.1. The Morgan fingerprint density at radius 1 is 0.694 bits per heavy atom. The van der Waals surface area contributed by atoms with Gasteiger partial charge in [0.15, 0.2) is 6.29 Å². The molecule has 2 aliphatic heterocycles. The molecule has 3 aromatic rings. The van der Waals surface area contributed by atoms with Crippen molar-refractivity contribution in [3.05, 3.63) is 101 Å². The summed E-state index contributed by atoms with van der Waals surface area (Å²) in [6.07, 6.45) is 15.1. The van der Waals surface area contributed by atoms with Crippen molar-refractivity contribution in [3.63, 3.8) is 0 Å². The van der Waals surface area contributed by atoms with Gasteiger partial charge in [-0.2, -0.15) is 0 Å². The normalized spacial score (nSPS) is 19.2. The quantitative estimate of drug-likeness (QED) is 0.0955. The summed E-state index contributed by atoms with van der Waals surface area (Å²) in [5.41, 5.74) is 4.03. The number of rotatable bonds is 20. The summed E-state index contributed by atoms with van der Waals surface area (Å²) in [5.74, 6) is -0.633. The molecular formula is C42H56N2O5. The van der Waals surface area contributed by atoms with E-state index >= 15 is 0 Å². The topological polar surface area (TPSA) is 79.3 Å². The molecule has 2 aliphatic rings. The van der Waals surface area contributed by atoms with Crippen LogP contribution in [-0.2, 0) is 16.1 Å². The van der Waals surface area contributed by atoms with Gasteiger partial charge in [-0.25, -0.2) is 4.90 Å². The maximum atomic E-state index is 13.3. The van der Waals surface area contributed by atoms with Gasteiger partial charge in [0.2, 0.25) is 0 Å². The molecule has 0 aliphatic carbocycles. The smallest absolute Gasteiger partial charge is 0.266 e. The van der Waals surface area contributed by atoms with Gasteiger partial charge in [-0.3, -0.25) is 9.59 Å². The lowest BCUT2D eigenvalue weighted by Crippen LogP contribution is -2.40. The van der Waals surface area contributed by atoms with Gasteiger partial charge in [-0.1, -0.05) is 127 Å². The van der Waals surface area contributed by atoms with Crippen LogP contribution in [0.15, 0.2) is 72.8 Å². The van der Waals surface area contributed by atoms with E-state index in [9.17, 15) is 14.7 Å². The molecular weight excluding hydrogens is 612 g/mol. The van der Waals surface area contributed by atoms with Gasteiger partial charge in [0.25, 0.3) is 11.8 Å². The first-order chi connectivity index (χ1) is 24.0. The van der Waals surface area contributed by atoms with Gasteiger partial charge < -0.3 is 19.5 Å². The fourth-order valence-electron chi connectivity index (χ4n) is 7.08. The van der Waals surface area contributed by atoms with E-state index in [1.807, 2.05) is 42.5 Å². The van der Waals surface area contributed by atoms with Crippen LogP contribution in [0, 0.1) is 0 Å². The predicted molar refractivity (Wildman–Crippen MR) is 196 cm³/mol. The second-order valence-corrected chi connectivity index (χ2v) is 13.8. The van der Waals surface area contributed by atoms with Crippen molar-refractivity contribution in [2.45, 2.75) is 122 Å². The molecule has 0 spiro atoms. The molecule has 0 saturated carbocycles. The van der Waals surface area contributed by atoms with Crippen molar-refractivity contribution in [2.24, 2.45) is 0 Å². The van der Waals surface area contributed by atoms with E-state index in [2.05, 4.69) is 18.7 Å². The van der Waals surface area contributed by atoms with Gasteiger partial charge in [-0.05, 0) is 61.3 Å². The first kappa shape index (κ1) is 36.9. The summed E-state index contributed by atoms with van der Waals surface area (Å²) in [4.78, 5) is 30.5. The van der Waals surface area contributed by atoms with Crippen molar-refractivity contribution in [1.29, 1.82) is 0 Å². The van der Waals surface area contributed by atoms with Crippen LogP contribution in [-0.4, -0.2) is 47.6 Å². The first-order valence-corrected chi connectivity index (χ1v) is 18.8. The highest BCUT2D eigenvalue weighted by Gasteiger charge is 2.38. The molecule has 3 atom stereocenters. The molecule has 1 N–H and O–H groups in total. The molecule has 0 radical (unpaired) electrons. The Labute approximate surface area is 293 Å². The van der Waals surface area contributed by atoms with Crippen LogP contribution in [0.3, 0.4) is 0 Å². The van der Waals surface area contributed by atoms with Gasteiger partial charge in [0.1, 0.15) is 0 Å². The van der Waals surface area contributed by atoms with Crippen molar-refractivity contribution in [2.75, 3.05) is 24.5 Å². The Kier molecular flexibility index (Phi) is 14.4. The molecule has 5 rings (SSSR count). The molecule has 49 heavy (non-hydrogen) atoms. The van der Waals surface area contributed by atoms with Crippen LogP contribution < -0.4 is 4.90 Å². The number of hydrogen-bond acceptors (Lipinski definition) is 6. The standard InChI is InChI=1S/C42H56N2O5/c1-3-5-7-9-11-15-26-43(27-16-12-10-8-6-4-2)30-36-29-39(33-24-22-32(31-45)23-25-33)49-42(48-36)34-18-17-19-35(28-34)44-40(46)37-20-13-14-21-38(37)41(44)47/h13-14,17-25,28,36,39,42,45H,3-12,15-16,26-27,29-31H2,1-2H3/t36-,39+,42+/m1/s1. The van der Waals surface area contributed by atoms with Crippen molar-refractivity contribution in [1.82, 2.24) is 4.90 Å². The zero-order chi connectivity index (χ0) is 34.4. The lowest BCUT2D eigenvalue weighted by Gasteiger charge is -2.38. The molecule has 7 nitrogen and oxygen atoms in total. The molecule has 1 fully saturated rings. The van der Waals surface area contributed by atoms with Gasteiger partial charge in [0, 0.05) is 18.5 Å². The number of aliphatic hydroxyl groups excluding tert-OH is 1. The molecule has 7 heteroatoms. The van der Waals surface area contributed by atoms with Crippen LogP contribution >= 0.6 is 0 Å². The highest BCUT2D eigenvalue weighted by atomic mass is 16.7. The summed E-state index contributed by atoms with van der Waals surface area (Å²) in [6, 6.07) is 22.4. The number of carbonyl (C=O) groups excluding carboxylic acids is 2. The zero-order valence-corrected chi connectivity index (χ0v) is 29.7. The number of hydrogen-bond donors (Lipinski definition) is 1. The summed E-state index contributed by atoms with van der Waals surface area (Å²) in [7, 11) is 0. The largest absolute Gasteiger partial charge is 0.392 e. The Morgan fingerprint density at radius 2 is 1.29 bits per heavy atom. The minimum absolute atomic E-state index is 0.00336. The average molecular weight is 669 g/mol. The third kappa shape index (κ3) is 10.1. The number of imide groups is 1. The number of nitrogens with zero attached hydrogens (tertiary/aromatic N) is 2. The van der Waals surface area contributed by atoms with Crippen molar-refractivity contribution >= 4 is 17.5 Å². The minimum Gasteiger partial charge on any atom is -0.392 e. The average Bonchev–Trinajstić information content (AvgIpc) is 3.39. The highest BCUT2D eigenvalue weighted by molar-refractivity contribution is 6.34. The number of carbonyl (C=O) groups is 2. The van der Waals surface area contributed by atoms with Gasteiger partial charge >= 0.3 is 0 Å². The number of benzene rings is 3. The summed E-state index contributed by atoms with van der Waals surface area (Å²) >= 11 is 0. The molecule has 1 saturated heterocycles. The maximum absolute atomic E-state index is 13.3. The summed E-state index contributed by atoms with van der Waals surface area (Å²) < 4.78 is 13.4. The monoisotopic (exact) mass is 668 g/mol. The highest BCUT2D eigenvalue weighted by Crippen LogP contribution is 2.40. The lowest BCUT2D eigenvalue weighted by atomic mass is 9.99. The number of unbranched alkanes of at least 4 members (excludes halogenated alkanes) is 10. The van der Waals surface area contributed by atoms with Crippen molar-refractivity contribution < 1.29 is 24.2 Å². The Balaban J connectivity index is 1.33. The predicted octanol–water partition coefficient (Wildman–Crippen LogP) is 9.55. The van der Waals surface area contributed by atoms with Gasteiger partial charge in [0.05, 0.1) is 35.6 Å². The van der Waals surface area contributed by atoms with Crippen LogP contribution in [0.5, 0.6) is 0 Å². The Hall–Kier alpha value is -3.36. The van der Waals surface area contributed by atoms with E-state index in [0.29, 0.717) is 16.8 Å². The van der Waals surface area contributed by atoms with Crippen molar-refractivity contribution in [3.8, 4) is 0 Å². The van der Waals surface area contributed by atoms with Crippen LogP contribution in [0.4, 0.5) is 5.69 Å². The molecule has 2 amide bonds. The minimum atomic E-state index is -0.665. The number of aliphatic hydroxyl groups is 1. The Morgan fingerprint density at radius 3 is 1.88 bits per heavy atom. The fraction of sp³-hybridized carbons (Fsp3) is 0.524. The third-order valence-corrected chi connectivity index (χ3v) is 9.93. The van der Waals surface area contributed by atoms with Gasteiger partial charge in [-0.15, -0.1) is 0 Å². The van der Waals surface area contributed by atoms with Crippen LogP contribution in [0.2, 0.25) is 0 Å². The van der Waals surface area contributed by atoms with E-state index < -0.39 is 6.29 Å². The summed E-state index contributed by atoms with van der Waals surface area (Å²) in [6.45, 7) is 7.48. The SMILES string of the molecule is CCCCCCCCN(CCCCCCCC)C[C@H]1C[C@@H](c2ccc(CO)cc2)O[C@@H](c2cccc(N3C(=O)c4ccccc4C3=O)c2)O1. The maximum Gasteiger partial charge on any atom is 0.266 e. The number of amides is 2. The van der Waals surface area contributed by atoms with E-state index in [-0.39, 0.29) is 30.6 Å². The number of ether oxygens (including phenoxy) is 2. The molecule has 3 aromatic carbocycles.